The molecule has 1 heterocycles. The molecule has 0 aromatic heterocycles. The molecule has 2 atom stereocenters. The molecule has 1 aliphatic rings. The number of ether oxygens (including phenoxy) is 3. The molecule has 1 aliphatic heterocycles. The lowest BCUT2D eigenvalue weighted by Gasteiger charge is -2.30. The number of benzene rings is 3. The molecule has 0 spiro atoms. The minimum Gasteiger partial charge on any atom is -0.481 e. The molecule has 0 radical (unpaired) electrons. The Bertz CT molecular complexity index is 1640. The average Bonchev–Trinajstić information content (AvgIpc) is 3.07. The molecule has 0 aliphatic carbocycles. The third-order valence-electron chi connectivity index (χ3n) is 7.34. The Hall–Kier alpha value is -5.70. The van der Waals surface area contributed by atoms with Gasteiger partial charge in [0.1, 0.15) is 17.7 Å². The lowest BCUT2D eigenvalue weighted by atomic mass is 9.96. The first-order valence-corrected chi connectivity index (χ1v) is 15.3. The van der Waals surface area contributed by atoms with Crippen LogP contribution in [0.2, 0.25) is 0 Å². The molecule has 0 saturated carbocycles. The first-order valence-electron chi connectivity index (χ1n) is 15.3. The van der Waals surface area contributed by atoms with Gasteiger partial charge in [0.2, 0.25) is 11.8 Å². The van der Waals surface area contributed by atoms with Crippen molar-refractivity contribution in [3.63, 3.8) is 0 Å². The van der Waals surface area contributed by atoms with Crippen molar-refractivity contribution in [3.8, 4) is 11.8 Å². The highest BCUT2D eigenvalue weighted by Crippen LogP contribution is 2.35. The maximum absolute atomic E-state index is 13.7. The Morgan fingerprint density at radius 2 is 1.66 bits per heavy atom. The van der Waals surface area contributed by atoms with Crippen LogP contribution in [-0.2, 0) is 46.4 Å². The summed E-state index contributed by atoms with van der Waals surface area (Å²) in [6.07, 6.45) is -0.170. The predicted octanol–water partition coefficient (Wildman–Crippen LogP) is 3.67. The summed E-state index contributed by atoms with van der Waals surface area (Å²) >= 11 is 0. The third kappa shape index (κ3) is 9.40. The maximum Gasteiger partial charge on any atom is 0.328 e. The fourth-order valence-electron chi connectivity index (χ4n) is 4.97. The van der Waals surface area contributed by atoms with E-state index >= 15 is 0 Å². The van der Waals surface area contributed by atoms with Crippen LogP contribution in [0, 0.1) is 17.2 Å². The van der Waals surface area contributed by atoms with Crippen LogP contribution in [0.15, 0.2) is 72.8 Å². The molecule has 0 saturated heterocycles. The number of amides is 3. The standard InChI is InChI=1S/C35H36N4O8/c1-3-45-32(41)17-15-28(35(44)46-4-2)38-34(43)27(18-23-8-6-5-7-9-23)33(42)37-26-14-16-29-30(19-26)47-22-31(40)39(29)21-25-12-10-24(20-36)11-13-25/h5-14,16,19,27-28H,3-4,15,17-18,21-22H2,1-2H3,(H,37,42)(H,38,43)/t27?,28-/m0/s1. The van der Waals surface area contributed by atoms with Gasteiger partial charge in [-0.2, -0.15) is 5.26 Å². The van der Waals surface area contributed by atoms with Gasteiger partial charge in [0, 0.05) is 18.2 Å². The third-order valence-corrected chi connectivity index (χ3v) is 7.34. The molecule has 2 N–H and O–H groups in total. The molecule has 1 unspecified atom stereocenters. The van der Waals surface area contributed by atoms with Crippen LogP contribution in [0.1, 0.15) is 43.4 Å². The zero-order valence-electron chi connectivity index (χ0n) is 26.2. The van der Waals surface area contributed by atoms with Crippen molar-refractivity contribution < 1.29 is 38.2 Å². The molecular formula is C35H36N4O8. The van der Waals surface area contributed by atoms with E-state index in [1.54, 1.807) is 85.5 Å². The fraction of sp³-hybridized carbons (Fsp3) is 0.314. The van der Waals surface area contributed by atoms with Crippen LogP contribution in [0.5, 0.6) is 5.75 Å². The van der Waals surface area contributed by atoms with Gasteiger partial charge in [-0.15, -0.1) is 0 Å². The number of hydrogen-bond donors (Lipinski definition) is 2. The van der Waals surface area contributed by atoms with Crippen LogP contribution >= 0.6 is 0 Å². The van der Waals surface area contributed by atoms with Crippen molar-refractivity contribution in [2.75, 3.05) is 30.0 Å². The minimum atomic E-state index is -1.26. The number of rotatable bonds is 14. The van der Waals surface area contributed by atoms with Gasteiger partial charge in [-0.05, 0) is 62.1 Å². The van der Waals surface area contributed by atoms with E-state index in [1.165, 1.54) is 0 Å². The van der Waals surface area contributed by atoms with Crippen molar-refractivity contribution in [3.05, 3.63) is 89.5 Å². The number of carbonyl (C=O) groups is 5. The van der Waals surface area contributed by atoms with Gasteiger partial charge in [-0.1, -0.05) is 42.5 Å². The maximum atomic E-state index is 13.7. The Kier molecular flexibility index (Phi) is 12.0. The molecule has 3 aromatic rings. The van der Waals surface area contributed by atoms with Gasteiger partial charge < -0.3 is 29.7 Å². The number of esters is 2. The lowest BCUT2D eigenvalue weighted by Crippen LogP contribution is -2.48. The highest BCUT2D eigenvalue weighted by Gasteiger charge is 2.32. The number of fused-ring (bicyclic) bond motifs is 1. The molecule has 12 nitrogen and oxygen atoms in total. The molecule has 3 amide bonds. The molecule has 4 rings (SSSR count). The monoisotopic (exact) mass is 640 g/mol. The van der Waals surface area contributed by atoms with E-state index < -0.39 is 35.7 Å². The molecule has 47 heavy (non-hydrogen) atoms. The Morgan fingerprint density at radius 3 is 2.34 bits per heavy atom. The summed E-state index contributed by atoms with van der Waals surface area (Å²) in [7, 11) is 0. The second-order valence-electron chi connectivity index (χ2n) is 10.6. The molecule has 244 valence electrons. The van der Waals surface area contributed by atoms with Gasteiger partial charge in [0.25, 0.3) is 5.91 Å². The summed E-state index contributed by atoms with van der Waals surface area (Å²) in [5.74, 6) is -3.76. The summed E-state index contributed by atoms with van der Waals surface area (Å²) in [5, 5.41) is 14.4. The highest BCUT2D eigenvalue weighted by atomic mass is 16.5. The van der Waals surface area contributed by atoms with Crippen molar-refractivity contribution >= 4 is 41.0 Å². The van der Waals surface area contributed by atoms with Gasteiger partial charge in [-0.25, -0.2) is 4.79 Å². The topological polar surface area (TPSA) is 164 Å². The van der Waals surface area contributed by atoms with E-state index in [4.69, 9.17) is 19.5 Å². The molecule has 12 heteroatoms. The summed E-state index contributed by atoms with van der Waals surface area (Å²) in [4.78, 5) is 66.2. The summed E-state index contributed by atoms with van der Waals surface area (Å²) in [6.45, 7) is 3.57. The van der Waals surface area contributed by atoms with Gasteiger partial charge >= 0.3 is 11.9 Å². The second-order valence-corrected chi connectivity index (χ2v) is 10.6. The SMILES string of the molecule is CCOC(=O)CC[C@H](NC(=O)C(Cc1ccccc1)C(=O)Nc1ccc2c(c1)OCC(=O)N2Cc1ccc(C#N)cc1)C(=O)OCC. The zero-order chi connectivity index (χ0) is 33.8. The van der Waals surface area contributed by atoms with E-state index in [0.29, 0.717) is 28.3 Å². The first-order chi connectivity index (χ1) is 22.7. The smallest absolute Gasteiger partial charge is 0.328 e. The largest absolute Gasteiger partial charge is 0.481 e. The molecular weight excluding hydrogens is 604 g/mol. The summed E-state index contributed by atoms with van der Waals surface area (Å²) in [5.41, 5.74) is 2.88. The molecule has 0 bridgehead atoms. The van der Waals surface area contributed by atoms with Crippen molar-refractivity contribution in [1.82, 2.24) is 5.32 Å². The lowest BCUT2D eigenvalue weighted by molar-refractivity contribution is -0.150. The average molecular weight is 641 g/mol. The van der Waals surface area contributed by atoms with Gasteiger partial charge in [0.15, 0.2) is 6.61 Å². The van der Waals surface area contributed by atoms with Crippen LogP contribution < -0.4 is 20.3 Å². The van der Waals surface area contributed by atoms with Gasteiger partial charge in [0.05, 0.1) is 37.1 Å². The summed E-state index contributed by atoms with van der Waals surface area (Å²) in [6, 6.07) is 21.6. The van der Waals surface area contributed by atoms with Crippen LogP contribution in [-0.4, -0.2) is 55.5 Å². The minimum absolute atomic E-state index is 0.0280. The molecule has 0 fully saturated rings. The van der Waals surface area contributed by atoms with Crippen molar-refractivity contribution in [2.24, 2.45) is 5.92 Å². The van der Waals surface area contributed by atoms with E-state index in [2.05, 4.69) is 16.7 Å². The van der Waals surface area contributed by atoms with Crippen molar-refractivity contribution in [2.45, 2.75) is 45.7 Å². The number of carbonyl (C=O) groups excluding carboxylic acids is 5. The zero-order valence-corrected chi connectivity index (χ0v) is 26.2. The van der Waals surface area contributed by atoms with Crippen molar-refractivity contribution in [1.29, 1.82) is 5.26 Å². The molecule has 3 aromatic carbocycles. The van der Waals surface area contributed by atoms with E-state index in [-0.39, 0.29) is 51.5 Å². The Morgan fingerprint density at radius 1 is 0.936 bits per heavy atom. The number of nitrogens with one attached hydrogen (secondary N) is 2. The van der Waals surface area contributed by atoms with E-state index in [1.807, 2.05) is 6.07 Å². The normalized spacial score (nSPS) is 13.2. The van der Waals surface area contributed by atoms with E-state index in [9.17, 15) is 24.0 Å². The Labute approximate surface area is 272 Å². The quantitative estimate of drug-likeness (QED) is 0.198. The number of nitrogens with zero attached hydrogens (tertiary/aromatic N) is 2. The Balaban J connectivity index is 1.53. The second kappa shape index (κ2) is 16.6. The van der Waals surface area contributed by atoms with Gasteiger partial charge in [-0.3, -0.25) is 19.2 Å². The summed E-state index contributed by atoms with van der Waals surface area (Å²) < 4.78 is 15.7. The fourth-order valence-corrected chi connectivity index (χ4v) is 4.97. The van der Waals surface area contributed by atoms with E-state index in [0.717, 1.165) is 5.56 Å². The number of nitriles is 1. The number of anilines is 2. The van der Waals surface area contributed by atoms with Crippen LogP contribution in [0.4, 0.5) is 11.4 Å². The van der Waals surface area contributed by atoms with Crippen LogP contribution in [0.25, 0.3) is 0 Å². The highest BCUT2D eigenvalue weighted by molar-refractivity contribution is 6.08. The predicted molar refractivity (Wildman–Crippen MR) is 171 cm³/mol. The first kappa shape index (κ1) is 34.2. The number of hydrogen-bond acceptors (Lipinski definition) is 9. The van der Waals surface area contributed by atoms with Crippen LogP contribution in [0.3, 0.4) is 0 Å².